The van der Waals surface area contributed by atoms with Gasteiger partial charge in [-0.2, -0.15) is 0 Å². The van der Waals surface area contributed by atoms with Crippen molar-refractivity contribution in [3.63, 3.8) is 0 Å². The molecule has 0 aliphatic carbocycles. The largest absolute Gasteiger partial charge is 0.397 e. The summed E-state index contributed by atoms with van der Waals surface area (Å²) >= 11 is 1.74. The fraction of sp³-hybridized carbons (Fsp3) is 0.308. The number of pyridine rings is 1. The number of hydrogen-bond acceptors (Lipinski definition) is 4. The number of rotatable bonds is 4. The van der Waals surface area contributed by atoms with Gasteiger partial charge in [-0.1, -0.05) is 13.0 Å². The summed E-state index contributed by atoms with van der Waals surface area (Å²) in [5.74, 6) is 1.19. The molecule has 0 aliphatic heterocycles. The standard InChI is InChI=1S/C13H16N2OS/c1-9(7-16)8-17-12-5-4-11(14)13-10(12)3-2-6-15-13/h2-6,9,16H,7-8,14H2,1H3. The number of nitrogens with two attached hydrogens (primary N) is 1. The Morgan fingerprint density at radius 2 is 2.24 bits per heavy atom. The van der Waals surface area contributed by atoms with Crippen LogP contribution in [0.2, 0.25) is 0 Å². The average molecular weight is 248 g/mol. The molecule has 0 saturated heterocycles. The van der Waals surface area contributed by atoms with E-state index in [4.69, 9.17) is 10.8 Å². The van der Waals surface area contributed by atoms with Crippen LogP contribution in [0.4, 0.5) is 5.69 Å². The zero-order chi connectivity index (χ0) is 12.3. The summed E-state index contributed by atoms with van der Waals surface area (Å²) in [7, 11) is 0. The predicted molar refractivity (Wildman–Crippen MR) is 73.1 cm³/mol. The Morgan fingerprint density at radius 1 is 1.41 bits per heavy atom. The van der Waals surface area contributed by atoms with Crippen LogP contribution in [-0.4, -0.2) is 22.5 Å². The molecular formula is C13H16N2OS. The van der Waals surface area contributed by atoms with Crippen LogP contribution >= 0.6 is 11.8 Å². The number of thioether (sulfide) groups is 1. The van der Waals surface area contributed by atoms with Crippen molar-refractivity contribution in [3.05, 3.63) is 30.5 Å². The molecule has 0 spiro atoms. The van der Waals surface area contributed by atoms with Crippen LogP contribution < -0.4 is 5.73 Å². The van der Waals surface area contributed by atoms with E-state index in [0.29, 0.717) is 11.6 Å². The van der Waals surface area contributed by atoms with Gasteiger partial charge in [0.15, 0.2) is 0 Å². The Kier molecular flexibility index (Phi) is 3.86. The summed E-state index contributed by atoms with van der Waals surface area (Å²) in [6.45, 7) is 2.25. The van der Waals surface area contributed by atoms with Gasteiger partial charge < -0.3 is 10.8 Å². The van der Waals surface area contributed by atoms with Gasteiger partial charge in [0.1, 0.15) is 0 Å². The van der Waals surface area contributed by atoms with Crippen LogP contribution in [0, 0.1) is 5.92 Å². The zero-order valence-electron chi connectivity index (χ0n) is 9.76. The van der Waals surface area contributed by atoms with Crippen molar-refractivity contribution in [1.82, 2.24) is 4.98 Å². The highest BCUT2D eigenvalue weighted by Gasteiger charge is 2.07. The van der Waals surface area contributed by atoms with E-state index in [1.54, 1.807) is 18.0 Å². The molecule has 2 rings (SSSR count). The second-order valence-corrected chi connectivity index (χ2v) is 5.21. The van der Waals surface area contributed by atoms with Crippen molar-refractivity contribution in [2.75, 3.05) is 18.1 Å². The molecule has 1 atom stereocenters. The average Bonchev–Trinajstić information content (AvgIpc) is 2.38. The first kappa shape index (κ1) is 12.2. The maximum atomic E-state index is 9.02. The first-order valence-electron chi connectivity index (χ1n) is 5.59. The number of aliphatic hydroxyl groups is 1. The Bertz CT molecular complexity index is 516. The van der Waals surface area contributed by atoms with Crippen molar-refractivity contribution in [1.29, 1.82) is 0 Å². The van der Waals surface area contributed by atoms with Crippen LogP contribution in [0.1, 0.15) is 6.92 Å². The minimum absolute atomic E-state index is 0.220. The van der Waals surface area contributed by atoms with E-state index in [9.17, 15) is 0 Å². The highest BCUT2D eigenvalue weighted by atomic mass is 32.2. The smallest absolute Gasteiger partial charge is 0.0942 e. The lowest BCUT2D eigenvalue weighted by Crippen LogP contribution is -2.03. The molecule has 0 saturated carbocycles. The molecule has 2 aromatic rings. The van der Waals surface area contributed by atoms with Gasteiger partial charge in [-0.05, 0) is 24.1 Å². The number of nitrogen functional groups attached to an aromatic ring is 1. The Hall–Kier alpha value is -1.26. The number of hydrogen-bond donors (Lipinski definition) is 2. The highest BCUT2D eigenvalue weighted by Crippen LogP contribution is 2.30. The van der Waals surface area contributed by atoms with Gasteiger partial charge in [0.05, 0.1) is 11.2 Å². The number of anilines is 1. The summed E-state index contributed by atoms with van der Waals surface area (Å²) < 4.78 is 0. The van der Waals surface area contributed by atoms with E-state index in [-0.39, 0.29) is 6.61 Å². The van der Waals surface area contributed by atoms with E-state index in [2.05, 4.69) is 4.98 Å². The second-order valence-electron chi connectivity index (χ2n) is 4.15. The van der Waals surface area contributed by atoms with E-state index in [1.807, 2.05) is 31.2 Å². The van der Waals surface area contributed by atoms with E-state index in [0.717, 1.165) is 16.7 Å². The molecule has 1 heterocycles. The quantitative estimate of drug-likeness (QED) is 0.645. The van der Waals surface area contributed by atoms with Crippen LogP contribution in [0.5, 0.6) is 0 Å². The van der Waals surface area contributed by atoms with Gasteiger partial charge in [0.25, 0.3) is 0 Å². The van der Waals surface area contributed by atoms with Crippen molar-refractivity contribution in [3.8, 4) is 0 Å². The fourth-order valence-electron chi connectivity index (χ4n) is 1.58. The van der Waals surface area contributed by atoms with E-state index in [1.165, 1.54) is 4.90 Å². The molecule has 3 nitrogen and oxygen atoms in total. The Balaban J connectivity index is 2.32. The molecule has 1 aromatic carbocycles. The van der Waals surface area contributed by atoms with Gasteiger partial charge in [0, 0.05) is 28.8 Å². The third-order valence-corrected chi connectivity index (χ3v) is 4.00. The van der Waals surface area contributed by atoms with Gasteiger partial charge in [0.2, 0.25) is 0 Å². The van der Waals surface area contributed by atoms with Crippen molar-refractivity contribution < 1.29 is 5.11 Å². The van der Waals surface area contributed by atoms with Crippen molar-refractivity contribution in [2.24, 2.45) is 5.92 Å². The molecule has 1 aromatic heterocycles. The van der Waals surface area contributed by atoms with Gasteiger partial charge >= 0.3 is 0 Å². The van der Waals surface area contributed by atoms with Gasteiger partial charge in [-0.15, -0.1) is 11.8 Å². The predicted octanol–water partition coefficient (Wildman–Crippen LogP) is 2.54. The molecule has 17 heavy (non-hydrogen) atoms. The number of aromatic nitrogens is 1. The monoisotopic (exact) mass is 248 g/mol. The number of nitrogens with zero attached hydrogens (tertiary/aromatic N) is 1. The lowest BCUT2D eigenvalue weighted by Gasteiger charge is -2.10. The summed E-state index contributed by atoms with van der Waals surface area (Å²) in [6, 6.07) is 7.86. The maximum Gasteiger partial charge on any atom is 0.0942 e. The van der Waals surface area contributed by atoms with Gasteiger partial charge in [-0.3, -0.25) is 4.98 Å². The lowest BCUT2D eigenvalue weighted by atomic mass is 10.2. The van der Waals surface area contributed by atoms with Crippen LogP contribution in [0.15, 0.2) is 35.4 Å². The molecule has 4 heteroatoms. The second kappa shape index (κ2) is 5.38. The SMILES string of the molecule is CC(CO)CSc1ccc(N)c2ncccc12. The Labute approximate surface area is 105 Å². The third-order valence-electron chi connectivity index (χ3n) is 2.60. The molecule has 1 unspecified atom stereocenters. The normalized spacial score (nSPS) is 12.8. The van der Waals surface area contributed by atoms with Crippen molar-refractivity contribution >= 4 is 28.4 Å². The minimum atomic E-state index is 0.220. The number of benzene rings is 1. The zero-order valence-corrected chi connectivity index (χ0v) is 10.6. The third kappa shape index (κ3) is 2.70. The fourth-order valence-corrected chi connectivity index (χ4v) is 2.63. The number of fused-ring (bicyclic) bond motifs is 1. The first-order chi connectivity index (χ1) is 8.22. The highest BCUT2D eigenvalue weighted by molar-refractivity contribution is 7.99. The number of aliphatic hydroxyl groups excluding tert-OH is 1. The summed E-state index contributed by atoms with van der Waals surface area (Å²) in [5, 5.41) is 10.1. The summed E-state index contributed by atoms with van der Waals surface area (Å²) in [4.78, 5) is 5.47. The molecular weight excluding hydrogens is 232 g/mol. The molecule has 0 radical (unpaired) electrons. The van der Waals surface area contributed by atoms with Crippen LogP contribution in [0.3, 0.4) is 0 Å². The topological polar surface area (TPSA) is 59.1 Å². The van der Waals surface area contributed by atoms with Crippen LogP contribution in [0.25, 0.3) is 10.9 Å². The lowest BCUT2D eigenvalue weighted by molar-refractivity contribution is 0.250. The first-order valence-corrected chi connectivity index (χ1v) is 6.57. The van der Waals surface area contributed by atoms with Gasteiger partial charge in [-0.25, -0.2) is 0 Å². The molecule has 90 valence electrons. The Morgan fingerprint density at radius 3 is 3.00 bits per heavy atom. The van der Waals surface area contributed by atoms with Crippen molar-refractivity contribution in [2.45, 2.75) is 11.8 Å². The van der Waals surface area contributed by atoms with E-state index >= 15 is 0 Å². The maximum absolute atomic E-state index is 9.02. The molecule has 0 amide bonds. The summed E-state index contributed by atoms with van der Waals surface area (Å²) in [6.07, 6.45) is 1.75. The van der Waals surface area contributed by atoms with E-state index < -0.39 is 0 Å². The summed E-state index contributed by atoms with van der Waals surface area (Å²) in [5.41, 5.74) is 7.46. The van der Waals surface area contributed by atoms with Crippen LogP contribution in [-0.2, 0) is 0 Å². The molecule has 0 fully saturated rings. The molecule has 0 aliphatic rings. The molecule has 3 N–H and O–H groups in total. The minimum Gasteiger partial charge on any atom is -0.397 e. The molecule has 0 bridgehead atoms.